The van der Waals surface area contributed by atoms with Gasteiger partial charge in [-0.2, -0.15) is 0 Å². The monoisotopic (exact) mass is 394 g/mol. The summed E-state index contributed by atoms with van der Waals surface area (Å²) in [4.78, 5) is 18.3. The summed E-state index contributed by atoms with van der Waals surface area (Å²) in [5.74, 6) is 0.849. The third-order valence-corrected chi connectivity index (χ3v) is 5.08. The van der Waals surface area contributed by atoms with Gasteiger partial charge < -0.3 is 20.6 Å². The molecule has 29 heavy (non-hydrogen) atoms. The summed E-state index contributed by atoms with van der Waals surface area (Å²) in [6.45, 7) is 6.18. The first-order valence-corrected chi connectivity index (χ1v) is 10.2. The Labute approximate surface area is 172 Å². The first kappa shape index (κ1) is 20.9. The number of aliphatic imine (C=N–C) groups is 1. The molecule has 0 bridgehead atoms. The first-order chi connectivity index (χ1) is 14.0. The highest BCUT2D eigenvalue weighted by atomic mass is 16.3. The number of guanidine groups is 1. The minimum Gasteiger partial charge on any atom is -0.384 e. The number of anilines is 1. The van der Waals surface area contributed by atoms with E-state index in [0.29, 0.717) is 25.5 Å². The molecule has 0 aromatic heterocycles. The average molecular weight is 395 g/mol. The van der Waals surface area contributed by atoms with Crippen molar-refractivity contribution in [2.75, 3.05) is 24.5 Å². The summed E-state index contributed by atoms with van der Waals surface area (Å²) in [5.41, 5.74) is 1.87. The first-order valence-electron chi connectivity index (χ1n) is 10.2. The van der Waals surface area contributed by atoms with E-state index in [1.54, 1.807) is 6.92 Å². The van der Waals surface area contributed by atoms with Gasteiger partial charge in [0, 0.05) is 25.2 Å². The molecule has 1 aliphatic heterocycles. The van der Waals surface area contributed by atoms with Crippen LogP contribution in [0.5, 0.6) is 0 Å². The van der Waals surface area contributed by atoms with Gasteiger partial charge in [-0.3, -0.25) is 4.79 Å². The van der Waals surface area contributed by atoms with E-state index >= 15 is 0 Å². The van der Waals surface area contributed by atoms with Gasteiger partial charge in [0.15, 0.2) is 5.96 Å². The Balaban J connectivity index is 1.61. The molecule has 1 atom stereocenters. The lowest BCUT2D eigenvalue weighted by Crippen LogP contribution is -2.44. The lowest BCUT2D eigenvalue weighted by Gasteiger charge is -2.25. The maximum absolute atomic E-state index is 11.9. The van der Waals surface area contributed by atoms with Crippen molar-refractivity contribution in [3.8, 4) is 0 Å². The predicted molar refractivity (Wildman–Crippen MR) is 117 cm³/mol. The normalized spacial score (nSPS) is 16.6. The van der Waals surface area contributed by atoms with Gasteiger partial charge in [-0.05, 0) is 43.5 Å². The van der Waals surface area contributed by atoms with Crippen molar-refractivity contribution >= 4 is 17.6 Å². The zero-order valence-electron chi connectivity index (χ0n) is 17.2. The molecular weight excluding hydrogens is 364 g/mol. The summed E-state index contributed by atoms with van der Waals surface area (Å²) in [6.07, 6.45) is 1.56. The third-order valence-electron chi connectivity index (χ3n) is 5.08. The number of benzene rings is 2. The molecule has 6 nitrogen and oxygen atoms in total. The minimum atomic E-state index is -0.999. The highest BCUT2D eigenvalue weighted by Gasteiger charge is 2.23. The molecule has 2 aromatic rings. The second-order valence-electron chi connectivity index (χ2n) is 7.50. The second kappa shape index (κ2) is 9.56. The molecule has 0 radical (unpaired) electrons. The van der Waals surface area contributed by atoms with Crippen molar-refractivity contribution in [1.29, 1.82) is 0 Å². The highest BCUT2D eigenvalue weighted by Crippen LogP contribution is 2.22. The summed E-state index contributed by atoms with van der Waals surface area (Å²) < 4.78 is 0. The standard InChI is InChI=1S/C23H30N4O2/c1-3-24-22(26-17-23(2,29)19-8-5-4-6-9-19)25-16-18-11-13-20(14-12-18)27-15-7-10-21(27)28/h4-6,8-9,11-14,29H,3,7,10,15-17H2,1-2H3,(H2,24,25,26). The van der Waals surface area contributed by atoms with Crippen LogP contribution in [0.1, 0.15) is 37.8 Å². The van der Waals surface area contributed by atoms with Crippen molar-refractivity contribution in [1.82, 2.24) is 10.6 Å². The maximum atomic E-state index is 11.9. The van der Waals surface area contributed by atoms with Crippen LogP contribution in [-0.4, -0.2) is 36.6 Å². The van der Waals surface area contributed by atoms with Gasteiger partial charge in [0.1, 0.15) is 5.60 Å². The summed E-state index contributed by atoms with van der Waals surface area (Å²) in [7, 11) is 0. The summed E-state index contributed by atoms with van der Waals surface area (Å²) in [6, 6.07) is 17.6. The number of aliphatic hydroxyl groups is 1. The Morgan fingerprint density at radius 1 is 1.14 bits per heavy atom. The van der Waals surface area contributed by atoms with Crippen LogP contribution < -0.4 is 15.5 Å². The lowest BCUT2D eigenvalue weighted by atomic mass is 9.96. The largest absolute Gasteiger partial charge is 0.384 e. The van der Waals surface area contributed by atoms with Crippen molar-refractivity contribution in [3.63, 3.8) is 0 Å². The molecule has 1 saturated heterocycles. The van der Waals surface area contributed by atoms with Crippen LogP contribution in [0.4, 0.5) is 5.69 Å². The van der Waals surface area contributed by atoms with E-state index in [1.165, 1.54) is 0 Å². The maximum Gasteiger partial charge on any atom is 0.227 e. The Hall–Kier alpha value is -2.86. The van der Waals surface area contributed by atoms with Crippen LogP contribution in [0.2, 0.25) is 0 Å². The van der Waals surface area contributed by atoms with Crippen molar-refractivity contribution < 1.29 is 9.90 Å². The van der Waals surface area contributed by atoms with Crippen molar-refractivity contribution in [3.05, 3.63) is 65.7 Å². The van der Waals surface area contributed by atoms with Crippen LogP contribution >= 0.6 is 0 Å². The number of carbonyl (C=O) groups excluding carboxylic acids is 1. The smallest absolute Gasteiger partial charge is 0.227 e. The zero-order valence-corrected chi connectivity index (χ0v) is 17.2. The molecule has 1 unspecified atom stereocenters. The highest BCUT2D eigenvalue weighted by molar-refractivity contribution is 5.95. The predicted octanol–water partition coefficient (Wildman–Crippen LogP) is 2.78. The fourth-order valence-corrected chi connectivity index (χ4v) is 3.37. The van der Waals surface area contributed by atoms with Crippen LogP contribution in [-0.2, 0) is 16.9 Å². The van der Waals surface area contributed by atoms with E-state index in [1.807, 2.05) is 66.4 Å². The fourth-order valence-electron chi connectivity index (χ4n) is 3.37. The van der Waals surface area contributed by atoms with Crippen molar-refractivity contribution in [2.45, 2.75) is 38.8 Å². The number of carbonyl (C=O) groups is 1. The quantitative estimate of drug-likeness (QED) is 0.499. The topological polar surface area (TPSA) is 77.0 Å². The average Bonchev–Trinajstić information content (AvgIpc) is 3.17. The van der Waals surface area contributed by atoms with Crippen LogP contribution in [0.15, 0.2) is 59.6 Å². The molecule has 1 amide bonds. The van der Waals surface area contributed by atoms with Gasteiger partial charge >= 0.3 is 0 Å². The van der Waals surface area contributed by atoms with Gasteiger partial charge in [0.2, 0.25) is 5.91 Å². The zero-order chi connectivity index (χ0) is 20.7. The van der Waals surface area contributed by atoms with Gasteiger partial charge in [-0.25, -0.2) is 4.99 Å². The molecule has 6 heteroatoms. The molecule has 0 spiro atoms. The number of hydrogen-bond donors (Lipinski definition) is 3. The summed E-state index contributed by atoms with van der Waals surface area (Å²) in [5, 5.41) is 17.2. The van der Waals surface area contributed by atoms with E-state index in [4.69, 9.17) is 0 Å². The molecule has 1 heterocycles. The SMILES string of the molecule is CCNC(=NCc1ccc(N2CCCC2=O)cc1)NCC(C)(O)c1ccccc1. The van der Waals surface area contributed by atoms with Crippen molar-refractivity contribution in [2.24, 2.45) is 4.99 Å². The molecule has 154 valence electrons. The third kappa shape index (κ3) is 5.57. The molecule has 3 rings (SSSR count). The molecule has 2 aromatic carbocycles. The number of amides is 1. The molecule has 3 N–H and O–H groups in total. The molecule has 1 aliphatic rings. The Morgan fingerprint density at radius 3 is 2.48 bits per heavy atom. The number of rotatable bonds is 7. The Morgan fingerprint density at radius 2 is 1.86 bits per heavy atom. The lowest BCUT2D eigenvalue weighted by molar-refractivity contribution is -0.117. The fraction of sp³-hybridized carbons (Fsp3) is 0.391. The second-order valence-corrected chi connectivity index (χ2v) is 7.50. The summed E-state index contributed by atoms with van der Waals surface area (Å²) >= 11 is 0. The van der Waals surface area contributed by atoms with Gasteiger partial charge in [0.05, 0.1) is 13.1 Å². The van der Waals surface area contributed by atoms with Crippen LogP contribution in [0.25, 0.3) is 0 Å². The Kier molecular flexibility index (Phi) is 6.88. The van der Waals surface area contributed by atoms with Gasteiger partial charge in [-0.15, -0.1) is 0 Å². The van der Waals surface area contributed by atoms with Gasteiger partial charge in [0.25, 0.3) is 0 Å². The van der Waals surface area contributed by atoms with Crippen LogP contribution in [0.3, 0.4) is 0 Å². The van der Waals surface area contributed by atoms with Crippen LogP contribution in [0, 0.1) is 0 Å². The molecular formula is C23H30N4O2. The minimum absolute atomic E-state index is 0.194. The Bertz CT molecular complexity index is 832. The molecule has 0 aliphatic carbocycles. The van der Waals surface area contributed by atoms with E-state index in [9.17, 15) is 9.90 Å². The number of nitrogens with one attached hydrogen (secondary N) is 2. The van der Waals surface area contributed by atoms with E-state index in [0.717, 1.165) is 36.3 Å². The molecule has 0 saturated carbocycles. The van der Waals surface area contributed by atoms with E-state index < -0.39 is 5.60 Å². The number of hydrogen-bond acceptors (Lipinski definition) is 3. The van der Waals surface area contributed by atoms with Gasteiger partial charge in [-0.1, -0.05) is 42.5 Å². The number of nitrogens with zero attached hydrogens (tertiary/aromatic N) is 2. The molecule has 1 fully saturated rings. The van der Waals surface area contributed by atoms with E-state index in [-0.39, 0.29) is 5.91 Å². The van der Waals surface area contributed by atoms with E-state index in [2.05, 4.69) is 15.6 Å².